The standard InChI is InChI=1S/C45H38F2N6O6/c1-27-4-12-40(43(54)51-27)52-26-30-19-32(9-11-36(30)44(52)55)57-18-17-56-16-2-3-31-7-8-33(24-49-31)58-34-21-35(22-34)59-42-13-6-29(23-50-42)28-5-10-37-38-25-48-15-14-39(38)53(45(46)47)41(37)20-28/h5-11,13-15,19-20,23-25,34-35,40,45H,1,4,12,16-18,21-22,26H2,(H,51,54). The molecule has 2 aliphatic heterocycles. The van der Waals surface area contributed by atoms with Crippen molar-refractivity contribution in [1.29, 1.82) is 0 Å². The predicted octanol–water partition coefficient (Wildman–Crippen LogP) is 7.23. The molecule has 1 unspecified atom stereocenters. The zero-order chi connectivity index (χ0) is 40.5. The van der Waals surface area contributed by atoms with Crippen molar-refractivity contribution in [3.05, 3.63) is 121 Å². The second-order valence-corrected chi connectivity index (χ2v) is 14.6. The van der Waals surface area contributed by atoms with E-state index in [9.17, 15) is 18.4 Å². The lowest BCUT2D eigenvalue weighted by atomic mass is 9.92. The third-order valence-corrected chi connectivity index (χ3v) is 10.7. The Labute approximate surface area is 337 Å². The Kier molecular flexibility index (Phi) is 10.3. The van der Waals surface area contributed by atoms with Crippen LogP contribution in [-0.4, -0.2) is 74.3 Å². The number of pyridine rings is 3. The fraction of sp³-hybridized carbons (Fsp3) is 0.267. The van der Waals surface area contributed by atoms with Crippen molar-refractivity contribution in [2.45, 2.75) is 57.0 Å². The molecule has 2 aromatic carbocycles. The van der Waals surface area contributed by atoms with Crippen LogP contribution in [0.4, 0.5) is 8.78 Å². The normalized spacial score (nSPS) is 18.7. The van der Waals surface area contributed by atoms with Gasteiger partial charge >= 0.3 is 6.55 Å². The quantitative estimate of drug-likeness (QED) is 0.101. The number of benzene rings is 2. The Morgan fingerprint density at radius 2 is 1.71 bits per heavy atom. The van der Waals surface area contributed by atoms with E-state index >= 15 is 0 Å². The molecule has 0 radical (unpaired) electrons. The molecule has 1 aliphatic carbocycles. The smallest absolute Gasteiger partial charge is 0.319 e. The van der Waals surface area contributed by atoms with Crippen molar-refractivity contribution in [2.75, 3.05) is 19.8 Å². The Bertz CT molecular complexity index is 2630. The average Bonchev–Trinajstić information content (AvgIpc) is 3.74. The molecule has 12 nitrogen and oxygen atoms in total. The van der Waals surface area contributed by atoms with E-state index in [1.54, 1.807) is 59.9 Å². The van der Waals surface area contributed by atoms with Crippen LogP contribution in [0, 0.1) is 11.8 Å². The van der Waals surface area contributed by atoms with Gasteiger partial charge in [-0.3, -0.25) is 19.1 Å². The number of alkyl halides is 2. The maximum atomic E-state index is 14.0. The summed E-state index contributed by atoms with van der Waals surface area (Å²) in [5.41, 5.74) is 5.13. The SMILES string of the molecule is C=C1CCC(N2Cc3cc(OCCOCC#Cc4ccc(OC5CC(Oc6ccc(-c7ccc8c9cnccc9n(C(F)F)c8c7)cn6)C5)cn4)ccc3C2=O)C(=O)N1. The van der Waals surface area contributed by atoms with E-state index in [4.69, 9.17) is 18.9 Å². The van der Waals surface area contributed by atoms with Gasteiger partial charge in [0.1, 0.15) is 48.7 Å². The number of allylic oxidation sites excluding steroid dienone is 1. The average molecular weight is 797 g/mol. The topological polar surface area (TPSA) is 130 Å². The molecule has 59 heavy (non-hydrogen) atoms. The van der Waals surface area contributed by atoms with Gasteiger partial charge < -0.3 is 29.2 Å². The molecule has 3 aliphatic rings. The molecular weight excluding hydrogens is 759 g/mol. The highest BCUT2D eigenvalue weighted by Crippen LogP contribution is 2.36. The summed E-state index contributed by atoms with van der Waals surface area (Å²) in [6, 6.07) is 19.2. The second kappa shape index (κ2) is 16.2. The van der Waals surface area contributed by atoms with E-state index in [1.165, 1.54) is 6.20 Å². The summed E-state index contributed by atoms with van der Waals surface area (Å²) >= 11 is 0. The van der Waals surface area contributed by atoms with Crippen LogP contribution < -0.4 is 19.5 Å². The number of ether oxygens (including phenoxy) is 4. The van der Waals surface area contributed by atoms with Gasteiger partial charge in [0, 0.05) is 71.6 Å². The highest BCUT2D eigenvalue weighted by Gasteiger charge is 2.38. The summed E-state index contributed by atoms with van der Waals surface area (Å²) in [5.74, 6) is 7.36. The molecule has 2 amide bonds. The molecule has 1 atom stereocenters. The molecule has 0 bridgehead atoms. The first-order valence-corrected chi connectivity index (χ1v) is 19.3. The minimum atomic E-state index is -2.69. The van der Waals surface area contributed by atoms with Crippen molar-refractivity contribution in [2.24, 2.45) is 0 Å². The number of nitrogens with one attached hydrogen (secondary N) is 1. The largest absolute Gasteiger partial charge is 0.491 e. The number of aromatic nitrogens is 4. The van der Waals surface area contributed by atoms with Crippen molar-refractivity contribution in [1.82, 2.24) is 29.7 Å². The first kappa shape index (κ1) is 37.7. The number of hydrogen-bond donors (Lipinski definition) is 1. The summed E-state index contributed by atoms with van der Waals surface area (Å²) in [5, 5.41) is 4.16. The fourth-order valence-corrected chi connectivity index (χ4v) is 7.69. The number of halogens is 2. The van der Waals surface area contributed by atoms with Gasteiger partial charge in [0.25, 0.3) is 5.91 Å². The first-order chi connectivity index (χ1) is 28.8. The molecule has 4 aromatic heterocycles. The van der Waals surface area contributed by atoms with Crippen LogP contribution in [0.1, 0.15) is 53.8 Å². The highest BCUT2D eigenvalue weighted by atomic mass is 19.3. The number of hydrogen-bond acceptors (Lipinski definition) is 9. The van der Waals surface area contributed by atoms with Crippen LogP contribution >= 0.6 is 0 Å². The molecule has 6 aromatic rings. The molecule has 1 N–H and O–H groups in total. The number of carbonyl (C=O) groups is 2. The lowest BCUT2D eigenvalue weighted by Crippen LogP contribution is -2.49. The minimum absolute atomic E-state index is 0.0165. The van der Waals surface area contributed by atoms with Crippen molar-refractivity contribution >= 4 is 33.6 Å². The van der Waals surface area contributed by atoms with E-state index in [0.29, 0.717) is 96.2 Å². The maximum absolute atomic E-state index is 14.0. The lowest BCUT2D eigenvalue weighted by molar-refractivity contribution is -0.126. The van der Waals surface area contributed by atoms with E-state index in [2.05, 4.69) is 38.7 Å². The molecule has 298 valence electrons. The van der Waals surface area contributed by atoms with Gasteiger partial charge in [0.15, 0.2) is 0 Å². The summed E-state index contributed by atoms with van der Waals surface area (Å²) in [7, 11) is 0. The maximum Gasteiger partial charge on any atom is 0.319 e. The number of nitrogens with zero attached hydrogens (tertiary/aromatic N) is 5. The zero-order valence-electron chi connectivity index (χ0n) is 31.8. The lowest BCUT2D eigenvalue weighted by Gasteiger charge is -2.34. The van der Waals surface area contributed by atoms with Gasteiger partial charge in [-0.25, -0.2) is 9.97 Å². The van der Waals surface area contributed by atoms with Gasteiger partial charge in [-0.15, -0.1) is 0 Å². The molecule has 1 saturated carbocycles. The number of amides is 2. The molecule has 6 heterocycles. The third-order valence-electron chi connectivity index (χ3n) is 10.7. The second-order valence-electron chi connectivity index (χ2n) is 14.6. The van der Waals surface area contributed by atoms with Crippen molar-refractivity contribution < 1.29 is 37.3 Å². The van der Waals surface area contributed by atoms with Crippen LogP contribution in [0.5, 0.6) is 17.4 Å². The number of carbonyl (C=O) groups excluding carboxylic acids is 2. The van der Waals surface area contributed by atoms with Gasteiger partial charge in [0.05, 0.1) is 23.8 Å². The predicted molar refractivity (Wildman–Crippen MR) is 214 cm³/mol. The Morgan fingerprint density at radius 1 is 0.864 bits per heavy atom. The van der Waals surface area contributed by atoms with E-state index in [1.807, 2.05) is 30.3 Å². The van der Waals surface area contributed by atoms with Crippen LogP contribution in [-0.2, 0) is 16.1 Å². The van der Waals surface area contributed by atoms with E-state index in [0.717, 1.165) is 26.6 Å². The van der Waals surface area contributed by atoms with Gasteiger partial charge in [0.2, 0.25) is 11.8 Å². The van der Waals surface area contributed by atoms with E-state index in [-0.39, 0.29) is 30.6 Å². The monoisotopic (exact) mass is 796 g/mol. The first-order valence-electron chi connectivity index (χ1n) is 19.3. The van der Waals surface area contributed by atoms with Crippen LogP contribution in [0.3, 0.4) is 0 Å². The molecule has 0 spiro atoms. The van der Waals surface area contributed by atoms with Crippen molar-refractivity contribution in [3.8, 4) is 40.3 Å². The summed E-state index contributed by atoms with van der Waals surface area (Å²) in [4.78, 5) is 40.0. The fourth-order valence-electron chi connectivity index (χ4n) is 7.69. The zero-order valence-corrected chi connectivity index (χ0v) is 31.8. The molecule has 14 heteroatoms. The van der Waals surface area contributed by atoms with Gasteiger partial charge in [-0.05, 0) is 78.4 Å². The summed E-state index contributed by atoms with van der Waals surface area (Å²) in [6.45, 7) is 2.32. The van der Waals surface area contributed by atoms with E-state index < -0.39 is 12.6 Å². The number of fused-ring (bicyclic) bond motifs is 4. The summed E-state index contributed by atoms with van der Waals surface area (Å²) in [6.07, 6.45) is 9.00. The molecule has 2 fully saturated rings. The van der Waals surface area contributed by atoms with Crippen molar-refractivity contribution in [3.63, 3.8) is 0 Å². The Morgan fingerprint density at radius 3 is 2.51 bits per heavy atom. The van der Waals surface area contributed by atoms with Crippen LogP contribution in [0.15, 0.2) is 104 Å². The summed E-state index contributed by atoms with van der Waals surface area (Å²) < 4.78 is 52.7. The molecular formula is C45H38F2N6O6. The Balaban J connectivity index is 0.685. The molecule has 9 rings (SSSR count). The van der Waals surface area contributed by atoms with Gasteiger partial charge in [-0.1, -0.05) is 24.6 Å². The Hall–Kier alpha value is -6.85. The molecule has 1 saturated heterocycles. The van der Waals surface area contributed by atoms with Gasteiger partial charge in [-0.2, -0.15) is 8.78 Å². The van der Waals surface area contributed by atoms with Crippen LogP contribution in [0.2, 0.25) is 0 Å². The third kappa shape index (κ3) is 7.89. The highest BCUT2D eigenvalue weighted by molar-refractivity contribution is 6.08. The number of piperidine rings is 1. The number of rotatable bonds is 12. The van der Waals surface area contributed by atoms with Crippen LogP contribution in [0.25, 0.3) is 32.9 Å². The minimum Gasteiger partial charge on any atom is -0.491 e.